The van der Waals surface area contributed by atoms with Crippen molar-refractivity contribution in [1.29, 1.82) is 0 Å². The summed E-state index contributed by atoms with van der Waals surface area (Å²) in [5, 5.41) is 7.68. The first-order valence-electron chi connectivity index (χ1n) is 8.66. The summed E-state index contributed by atoms with van der Waals surface area (Å²) in [6, 6.07) is 0.350. The molecule has 3 rings (SSSR count). The molecule has 1 aromatic rings. The third kappa shape index (κ3) is 3.17. The number of hydrogen-bond donors (Lipinski definition) is 1. The molecular weight excluding hydrogens is 306 g/mol. The standard InChI is InChI=1S/C17H27N5O2/c1-11-8-22(9-12(2)19-11)17(24)14-5-6-15(23)21(4)16(14)13-7-18-20(3)10-13/h7,10-12,14,16,19H,5-6,8-9H2,1-4H3. The van der Waals surface area contributed by atoms with Gasteiger partial charge in [0.05, 0.1) is 18.2 Å². The second-order valence-corrected chi connectivity index (χ2v) is 7.25. The molecule has 3 heterocycles. The number of piperidine rings is 1. The molecule has 4 unspecified atom stereocenters. The number of carbonyl (C=O) groups is 2. The zero-order valence-corrected chi connectivity index (χ0v) is 14.9. The zero-order valence-electron chi connectivity index (χ0n) is 14.9. The number of nitrogens with one attached hydrogen (secondary N) is 1. The molecule has 132 valence electrons. The molecule has 1 N–H and O–H groups in total. The van der Waals surface area contributed by atoms with Crippen LogP contribution in [0.3, 0.4) is 0 Å². The lowest BCUT2D eigenvalue weighted by molar-refractivity contribution is -0.147. The number of rotatable bonds is 2. The van der Waals surface area contributed by atoms with E-state index in [1.807, 2.05) is 18.1 Å². The highest BCUT2D eigenvalue weighted by Crippen LogP contribution is 2.36. The van der Waals surface area contributed by atoms with Gasteiger partial charge in [0.25, 0.3) is 0 Å². The third-order valence-electron chi connectivity index (χ3n) is 5.11. The summed E-state index contributed by atoms with van der Waals surface area (Å²) in [4.78, 5) is 29.1. The zero-order chi connectivity index (χ0) is 17.4. The lowest BCUT2D eigenvalue weighted by Gasteiger charge is -2.43. The fourth-order valence-corrected chi connectivity index (χ4v) is 4.09. The monoisotopic (exact) mass is 333 g/mol. The average Bonchev–Trinajstić information content (AvgIpc) is 2.94. The molecule has 0 bridgehead atoms. The number of amides is 2. The van der Waals surface area contributed by atoms with Gasteiger partial charge in [-0.1, -0.05) is 0 Å². The minimum absolute atomic E-state index is 0.0925. The molecule has 0 saturated carbocycles. The van der Waals surface area contributed by atoms with Crippen LogP contribution in [0.2, 0.25) is 0 Å². The second-order valence-electron chi connectivity index (χ2n) is 7.25. The molecule has 2 saturated heterocycles. The van der Waals surface area contributed by atoms with E-state index in [9.17, 15) is 9.59 Å². The first-order valence-corrected chi connectivity index (χ1v) is 8.66. The minimum atomic E-state index is -0.229. The van der Waals surface area contributed by atoms with Gasteiger partial charge >= 0.3 is 0 Å². The number of likely N-dealkylation sites (tertiary alicyclic amines) is 1. The van der Waals surface area contributed by atoms with E-state index in [0.717, 1.165) is 18.7 Å². The summed E-state index contributed by atoms with van der Waals surface area (Å²) in [7, 11) is 3.65. The van der Waals surface area contributed by atoms with Gasteiger partial charge in [0.1, 0.15) is 0 Å². The normalized spacial score (nSPS) is 31.4. The number of nitrogens with zero attached hydrogens (tertiary/aromatic N) is 4. The Morgan fingerprint density at radius 3 is 2.50 bits per heavy atom. The molecule has 0 aromatic carbocycles. The van der Waals surface area contributed by atoms with Crippen molar-refractivity contribution < 1.29 is 9.59 Å². The van der Waals surface area contributed by atoms with Gasteiger partial charge in [-0.05, 0) is 20.3 Å². The van der Waals surface area contributed by atoms with Gasteiger partial charge in [0.15, 0.2) is 0 Å². The highest BCUT2D eigenvalue weighted by Gasteiger charge is 2.42. The number of hydrogen-bond acceptors (Lipinski definition) is 4. The Labute approximate surface area is 143 Å². The molecule has 0 spiro atoms. The first kappa shape index (κ1) is 17.0. The quantitative estimate of drug-likeness (QED) is 0.857. The van der Waals surface area contributed by atoms with Crippen LogP contribution in [0.5, 0.6) is 0 Å². The Morgan fingerprint density at radius 1 is 1.25 bits per heavy atom. The third-order valence-corrected chi connectivity index (χ3v) is 5.11. The van der Waals surface area contributed by atoms with Crippen molar-refractivity contribution in [1.82, 2.24) is 24.9 Å². The maximum absolute atomic E-state index is 13.2. The molecule has 2 aliphatic heterocycles. The summed E-state index contributed by atoms with van der Waals surface area (Å²) in [5.74, 6) is 0.0488. The maximum Gasteiger partial charge on any atom is 0.228 e. The van der Waals surface area contributed by atoms with Crippen LogP contribution >= 0.6 is 0 Å². The summed E-state index contributed by atoms with van der Waals surface area (Å²) in [6.45, 7) is 5.64. The summed E-state index contributed by atoms with van der Waals surface area (Å²) < 4.78 is 1.72. The molecule has 4 atom stereocenters. The van der Waals surface area contributed by atoms with Crippen molar-refractivity contribution in [2.75, 3.05) is 20.1 Å². The van der Waals surface area contributed by atoms with Crippen LogP contribution in [-0.4, -0.2) is 63.6 Å². The molecule has 0 aliphatic carbocycles. The summed E-state index contributed by atoms with van der Waals surface area (Å²) in [6.07, 6.45) is 4.71. The van der Waals surface area contributed by atoms with E-state index in [4.69, 9.17) is 0 Å². The van der Waals surface area contributed by atoms with E-state index in [0.29, 0.717) is 12.8 Å². The maximum atomic E-state index is 13.2. The first-order chi connectivity index (χ1) is 11.4. The number of carbonyl (C=O) groups excluding carboxylic acids is 2. The van der Waals surface area contributed by atoms with Crippen molar-refractivity contribution in [3.05, 3.63) is 18.0 Å². The largest absolute Gasteiger partial charge is 0.339 e. The van der Waals surface area contributed by atoms with Crippen LogP contribution in [0.1, 0.15) is 38.3 Å². The molecule has 0 radical (unpaired) electrons. The van der Waals surface area contributed by atoms with E-state index in [1.54, 1.807) is 22.8 Å². The van der Waals surface area contributed by atoms with Crippen LogP contribution in [0, 0.1) is 5.92 Å². The molecular formula is C17H27N5O2. The van der Waals surface area contributed by atoms with Crippen LogP contribution in [0.4, 0.5) is 0 Å². The van der Waals surface area contributed by atoms with E-state index < -0.39 is 0 Å². The predicted octanol–water partition coefficient (Wildman–Crippen LogP) is 0.538. The lowest BCUT2D eigenvalue weighted by atomic mass is 9.84. The highest BCUT2D eigenvalue weighted by molar-refractivity contribution is 5.85. The van der Waals surface area contributed by atoms with E-state index in [-0.39, 0.29) is 35.9 Å². The van der Waals surface area contributed by atoms with Gasteiger partial charge in [-0.2, -0.15) is 5.10 Å². The number of piperazine rings is 1. The number of aromatic nitrogens is 2. The molecule has 7 heteroatoms. The SMILES string of the molecule is CC1CN(C(=O)C2CCC(=O)N(C)C2c2cnn(C)c2)CC(C)N1. The van der Waals surface area contributed by atoms with E-state index >= 15 is 0 Å². The number of aryl methyl sites for hydroxylation is 1. The van der Waals surface area contributed by atoms with Gasteiger partial charge in [-0.3, -0.25) is 14.3 Å². The Balaban J connectivity index is 1.86. The molecule has 2 fully saturated rings. The van der Waals surface area contributed by atoms with Crippen LogP contribution in [-0.2, 0) is 16.6 Å². The van der Waals surface area contributed by atoms with Crippen LogP contribution in [0.25, 0.3) is 0 Å². The van der Waals surface area contributed by atoms with Gasteiger partial charge in [-0.25, -0.2) is 0 Å². The smallest absolute Gasteiger partial charge is 0.228 e. The van der Waals surface area contributed by atoms with E-state index in [2.05, 4.69) is 24.3 Å². The fraction of sp³-hybridized carbons (Fsp3) is 0.706. The van der Waals surface area contributed by atoms with Crippen molar-refractivity contribution in [2.45, 2.75) is 44.8 Å². The van der Waals surface area contributed by atoms with Crippen molar-refractivity contribution in [3.8, 4) is 0 Å². The molecule has 1 aromatic heterocycles. The van der Waals surface area contributed by atoms with Gasteiger partial charge in [-0.15, -0.1) is 0 Å². The average molecular weight is 333 g/mol. The Bertz CT molecular complexity index is 618. The van der Waals surface area contributed by atoms with E-state index in [1.165, 1.54) is 0 Å². The Kier molecular flexibility index (Phi) is 4.62. The fourth-order valence-electron chi connectivity index (χ4n) is 4.09. The van der Waals surface area contributed by atoms with Gasteiger partial charge in [0.2, 0.25) is 11.8 Å². The molecule has 2 aliphatic rings. The lowest BCUT2D eigenvalue weighted by Crippen LogP contribution is -2.58. The molecule has 24 heavy (non-hydrogen) atoms. The molecule has 2 amide bonds. The summed E-state index contributed by atoms with van der Waals surface area (Å²) >= 11 is 0. The second kappa shape index (κ2) is 6.55. The summed E-state index contributed by atoms with van der Waals surface area (Å²) in [5.41, 5.74) is 0.933. The van der Waals surface area contributed by atoms with Gasteiger partial charge < -0.3 is 15.1 Å². The Morgan fingerprint density at radius 2 is 1.92 bits per heavy atom. The topological polar surface area (TPSA) is 70.5 Å². The van der Waals surface area contributed by atoms with Crippen molar-refractivity contribution in [2.24, 2.45) is 13.0 Å². The van der Waals surface area contributed by atoms with Crippen LogP contribution in [0.15, 0.2) is 12.4 Å². The van der Waals surface area contributed by atoms with Crippen molar-refractivity contribution in [3.63, 3.8) is 0 Å². The predicted molar refractivity (Wildman–Crippen MR) is 90.1 cm³/mol. The Hall–Kier alpha value is -1.89. The minimum Gasteiger partial charge on any atom is -0.339 e. The molecule has 7 nitrogen and oxygen atoms in total. The van der Waals surface area contributed by atoms with Gasteiger partial charge in [0, 0.05) is 57.4 Å². The highest BCUT2D eigenvalue weighted by atomic mass is 16.2. The van der Waals surface area contributed by atoms with Crippen molar-refractivity contribution >= 4 is 11.8 Å². The van der Waals surface area contributed by atoms with Crippen LogP contribution < -0.4 is 5.32 Å².